The van der Waals surface area contributed by atoms with Crippen LogP contribution in [-0.2, 0) is 32.6 Å². The Bertz CT molecular complexity index is 956. The van der Waals surface area contributed by atoms with Crippen LogP contribution in [0.5, 0.6) is 5.75 Å². The van der Waals surface area contributed by atoms with E-state index in [1.165, 1.54) is 16.9 Å². The van der Waals surface area contributed by atoms with Crippen molar-refractivity contribution in [3.8, 4) is 5.75 Å². The number of carbonyl (C=O) groups excluding carboxylic acids is 1. The molecule has 0 saturated carbocycles. The van der Waals surface area contributed by atoms with Crippen LogP contribution < -0.4 is 14.4 Å². The SMILES string of the molecule is CN(c1ccc(OCC(=O)NCc2ccc(CN3CCOCC3)cc2)cc1)S(C)(=O)=O. The molecule has 0 bridgehead atoms. The van der Waals surface area contributed by atoms with Crippen LogP contribution in [0.1, 0.15) is 11.1 Å². The van der Waals surface area contributed by atoms with Crippen molar-refractivity contribution in [2.45, 2.75) is 13.1 Å². The molecule has 9 heteroatoms. The number of morpholine rings is 1. The number of hydrogen-bond acceptors (Lipinski definition) is 6. The summed E-state index contributed by atoms with van der Waals surface area (Å²) in [5, 5.41) is 2.84. The molecule has 1 heterocycles. The molecule has 3 rings (SSSR count). The van der Waals surface area contributed by atoms with Crippen molar-refractivity contribution < 1.29 is 22.7 Å². The number of sulfonamides is 1. The summed E-state index contributed by atoms with van der Waals surface area (Å²) in [6, 6.07) is 14.8. The van der Waals surface area contributed by atoms with Gasteiger partial charge in [0.25, 0.3) is 5.91 Å². The van der Waals surface area contributed by atoms with Crippen LogP contribution in [0.15, 0.2) is 48.5 Å². The Hall–Kier alpha value is -2.62. The molecule has 1 fully saturated rings. The third-order valence-corrected chi connectivity index (χ3v) is 6.30. The molecule has 8 nitrogen and oxygen atoms in total. The van der Waals surface area contributed by atoms with Gasteiger partial charge in [-0.15, -0.1) is 0 Å². The highest BCUT2D eigenvalue weighted by molar-refractivity contribution is 7.92. The molecule has 0 radical (unpaired) electrons. The van der Waals surface area contributed by atoms with Gasteiger partial charge >= 0.3 is 0 Å². The summed E-state index contributed by atoms with van der Waals surface area (Å²) in [4.78, 5) is 14.4. The molecule has 0 aliphatic carbocycles. The van der Waals surface area contributed by atoms with Crippen molar-refractivity contribution in [2.75, 3.05) is 50.5 Å². The van der Waals surface area contributed by atoms with Gasteiger partial charge in [-0.3, -0.25) is 14.0 Å². The van der Waals surface area contributed by atoms with Crippen molar-refractivity contribution >= 4 is 21.6 Å². The minimum atomic E-state index is -3.32. The van der Waals surface area contributed by atoms with Gasteiger partial charge in [0.2, 0.25) is 10.0 Å². The van der Waals surface area contributed by atoms with Gasteiger partial charge in [-0.25, -0.2) is 8.42 Å². The van der Waals surface area contributed by atoms with Gasteiger partial charge in [0.15, 0.2) is 6.61 Å². The average Bonchev–Trinajstić information content (AvgIpc) is 2.77. The maximum Gasteiger partial charge on any atom is 0.258 e. The second-order valence-electron chi connectivity index (χ2n) is 7.49. The summed E-state index contributed by atoms with van der Waals surface area (Å²) in [5.41, 5.74) is 2.79. The topological polar surface area (TPSA) is 88.2 Å². The van der Waals surface area contributed by atoms with E-state index in [4.69, 9.17) is 9.47 Å². The molecule has 1 saturated heterocycles. The van der Waals surface area contributed by atoms with Crippen LogP contribution in [0, 0.1) is 0 Å². The Morgan fingerprint density at radius 3 is 2.29 bits per heavy atom. The summed E-state index contributed by atoms with van der Waals surface area (Å²) in [5.74, 6) is 0.267. The number of rotatable bonds is 9. The van der Waals surface area contributed by atoms with Crippen molar-refractivity contribution in [3.63, 3.8) is 0 Å². The number of carbonyl (C=O) groups is 1. The van der Waals surface area contributed by atoms with Gasteiger partial charge < -0.3 is 14.8 Å². The minimum absolute atomic E-state index is 0.115. The normalized spacial score (nSPS) is 14.8. The Morgan fingerprint density at radius 2 is 1.68 bits per heavy atom. The monoisotopic (exact) mass is 447 g/mol. The van der Waals surface area contributed by atoms with E-state index in [1.54, 1.807) is 24.3 Å². The predicted octanol–water partition coefficient (Wildman–Crippen LogP) is 1.61. The number of anilines is 1. The predicted molar refractivity (Wildman–Crippen MR) is 120 cm³/mol. The summed E-state index contributed by atoms with van der Waals surface area (Å²) >= 11 is 0. The van der Waals surface area contributed by atoms with Crippen LogP contribution in [0.4, 0.5) is 5.69 Å². The summed E-state index contributed by atoms with van der Waals surface area (Å²) < 4.78 is 35.2. The van der Waals surface area contributed by atoms with Gasteiger partial charge in [0.05, 0.1) is 25.2 Å². The maximum absolute atomic E-state index is 12.1. The van der Waals surface area contributed by atoms with Gasteiger partial charge in [-0.2, -0.15) is 0 Å². The van der Waals surface area contributed by atoms with E-state index < -0.39 is 10.0 Å². The lowest BCUT2D eigenvalue weighted by Gasteiger charge is -2.26. The zero-order valence-corrected chi connectivity index (χ0v) is 18.7. The van der Waals surface area contributed by atoms with Gasteiger partial charge in [-0.05, 0) is 35.4 Å². The van der Waals surface area contributed by atoms with E-state index in [2.05, 4.69) is 22.3 Å². The second kappa shape index (κ2) is 10.6. The minimum Gasteiger partial charge on any atom is -0.484 e. The first-order valence-electron chi connectivity index (χ1n) is 10.1. The third kappa shape index (κ3) is 7.23. The highest BCUT2D eigenvalue weighted by Gasteiger charge is 2.12. The Labute approximate surface area is 183 Å². The molecule has 1 aliphatic rings. The number of hydrogen-bond donors (Lipinski definition) is 1. The molecule has 1 aliphatic heterocycles. The Morgan fingerprint density at radius 1 is 1.06 bits per heavy atom. The van der Waals surface area contributed by atoms with Crippen LogP contribution in [0.25, 0.3) is 0 Å². The molecule has 31 heavy (non-hydrogen) atoms. The van der Waals surface area contributed by atoms with E-state index in [-0.39, 0.29) is 12.5 Å². The van der Waals surface area contributed by atoms with Crippen molar-refractivity contribution in [3.05, 3.63) is 59.7 Å². The van der Waals surface area contributed by atoms with Crippen molar-refractivity contribution in [1.29, 1.82) is 0 Å². The number of ether oxygens (including phenoxy) is 2. The molecule has 0 spiro atoms. The lowest BCUT2D eigenvalue weighted by atomic mass is 10.1. The van der Waals surface area contributed by atoms with Crippen LogP contribution in [0.2, 0.25) is 0 Å². The molecular weight excluding hydrogens is 418 g/mol. The summed E-state index contributed by atoms with van der Waals surface area (Å²) in [6.45, 7) is 4.70. The van der Waals surface area contributed by atoms with E-state index in [0.29, 0.717) is 18.0 Å². The van der Waals surface area contributed by atoms with Crippen LogP contribution in [0.3, 0.4) is 0 Å². The Balaban J connectivity index is 1.41. The summed E-state index contributed by atoms with van der Waals surface area (Å²) in [7, 11) is -1.84. The fourth-order valence-corrected chi connectivity index (χ4v) is 3.63. The fourth-order valence-electron chi connectivity index (χ4n) is 3.12. The summed E-state index contributed by atoms with van der Waals surface area (Å²) in [6.07, 6.45) is 1.14. The van der Waals surface area contributed by atoms with Gasteiger partial charge in [-0.1, -0.05) is 24.3 Å². The highest BCUT2D eigenvalue weighted by Crippen LogP contribution is 2.20. The molecule has 2 aromatic rings. The van der Waals surface area contributed by atoms with E-state index in [9.17, 15) is 13.2 Å². The second-order valence-corrected chi connectivity index (χ2v) is 9.51. The van der Waals surface area contributed by atoms with Gasteiger partial charge in [0, 0.05) is 33.2 Å². The Kier molecular flexibility index (Phi) is 7.89. The molecule has 0 atom stereocenters. The standard InChI is InChI=1S/C22H29N3O5S/c1-24(31(2,27)28)20-7-9-21(10-8-20)30-17-22(26)23-15-18-3-5-19(6-4-18)16-25-11-13-29-14-12-25/h3-10H,11-17H2,1-2H3,(H,23,26). The average molecular weight is 448 g/mol. The van der Waals surface area contributed by atoms with Crippen LogP contribution in [-0.4, -0.2) is 65.4 Å². The maximum atomic E-state index is 12.1. The molecular formula is C22H29N3O5S. The smallest absolute Gasteiger partial charge is 0.258 e. The largest absolute Gasteiger partial charge is 0.484 e. The molecule has 1 N–H and O–H groups in total. The van der Waals surface area contributed by atoms with Gasteiger partial charge in [0.1, 0.15) is 5.75 Å². The quantitative estimate of drug-likeness (QED) is 0.628. The van der Waals surface area contributed by atoms with Crippen molar-refractivity contribution in [1.82, 2.24) is 10.2 Å². The molecule has 2 aromatic carbocycles. The first-order valence-corrected chi connectivity index (χ1v) is 12.0. The zero-order chi connectivity index (χ0) is 22.3. The third-order valence-electron chi connectivity index (χ3n) is 5.09. The molecule has 0 aromatic heterocycles. The number of nitrogens with zero attached hydrogens (tertiary/aromatic N) is 2. The lowest BCUT2D eigenvalue weighted by molar-refractivity contribution is -0.123. The number of amides is 1. The van der Waals surface area contributed by atoms with E-state index >= 15 is 0 Å². The first kappa shape index (κ1) is 23.1. The lowest BCUT2D eigenvalue weighted by Crippen LogP contribution is -2.35. The first-order chi connectivity index (χ1) is 14.8. The molecule has 0 unspecified atom stereocenters. The fraction of sp³-hybridized carbons (Fsp3) is 0.409. The van der Waals surface area contributed by atoms with Crippen molar-refractivity contribution in [2.24, 2.45) is 0 Å². The molecule has 168 valence electrons. The number of benzene rings is 2. The van der Waals surface area contributed by atoms with E-state index in [0.717, 1.165) is 44.7 Å². The van der Waals surface area contributed by atoms with Crippen LogP contribution >= 0.6 is 0 Å². The number of nitrogens with one attached hydrogen (secondary N) is 1. The zero-order valence-electron chi connectivity index (χ0n) is 17.9. The molecule has 1 amide bonds. The van der Waals surface area contributed by atoms with E-state index in [1.807, 2.05) is 12.1 Å². The highest BCUT2D eigenvalue weighted by atomic mass is 32.2.